The monoisotopic (exact) mass is 474 g/mol. The highest BCUT2D eigenvalue weighted by Gasteiger charge is 2.45. The van der Waals surface area contributed by atoms with Gasteiger partial charge in [0.25, 0.3) is 5.91 Å². The minimum Gasteiger partial charge on any atom is -0.436 e. The fourth-order valence-corrected chi connectivity index (χ4v) is 4.64. The van der Waals surface area contributed by atoms with Crippen LogP contribution in [0.25, 0.3) is 10.4 Å². The van der Waals surface area contributed by atoms with Crippen LogP contribution in [-0.2, 0) is 20.9 Å². The topological polar surface area (TPSA) is 135 Å². The molecule has 0 unspecified atom stereocenters. The van der Waals surface area contributed by atoms with Gasteiger partial charge in [-0.3, -0.25) is 9.59 Å². The Morgan fingerprint density at radius 1 is 1.30 bits per heavy atom. The van der Waals surface area contributed by atoms with Gasteiger partial charge in [0.1, 0.15) is 6.04 Å². The lowest BCUT2D eigenvalue weighted by molar-refractivity contribution is -0.150. The number of ether oxygens (including phenoxy) is 1. The van der Waals surface area contributed by atoms with E-state index in [9.17, 15) is 19.5 Å². The molecule has 3 atom stereocenters. The summed E-state index contributed by atoms with van der Waals surface area (Å²) in [5.41, 5.74) is 9.14. The van der Waals surface area contributed by atoms with Crippen molar-refractivity contribution in [3.8, 4) is 10.4 Å². The molecule has 0 saturated carbocycles. The Kier molecular flexibility index (Phi) is 7.38. The van der Waals surface area contributed by atoms with Crippen molar-refractivity contribution in [1.29, 1.82) is 0 Å². The van der Waals surface area contributed by atoms with Crippen molar-refractivity contribution in [1.82, 2.24) is 15.2 Å². The number of nitrogens with zero attached hydrogens (tertiary/aromatic N) is 2. The number of thiazole rings is 1. The Morgan fingerprint density at radius 3 is 2.52 bits per heavy atom. The molecular formula is C23H30N4O5S. The molecule has 1 saturated heterocycles. The zero-order valence-corrected chi connectivity index (χ0v) is 20.0. The molecule has 0 spiro atoms. The van der Waals surface area contributed by atoms with E-state index in [4.69, 9.17) is 10.5 Å². The molecule has 0 bridgehead atoms. The minimum atomic E-state index is -1.17. The largest absolute Gasteiger partial charge is 0.436 e. The summed E-state index contributed by atoms with van der Waals surface area (Å²) in [6.07, 6.45) is -2.98. The molecule has 178 valence electrons. The predicted molar refractivity (Wildman–Crippen MR) is 124 cm³/mol. The van der Waals surface area contributed by atoms with Crippen LogP contribution in [0.15, 0.2) is 29.8 Å². The number of hydrogen-bond donors (Lipinski definition) is 3. The quantitative estimate of drug-likeness (QED) is 0.587. The van der Waals surface area contributed by atoms with Crippen LogP contribution >= 0.6 is 11.3 Å². The van der Waals surface area contributed by atoms with Crippen LogP contribution in [-0.4, -0.2) is 57.7 Å². The molecule has 10 heteroatoms. The molecule has 3 amide bonds. The van der Waals surface area contributed by atoms with Crippen molar-refractivity contribution in [2.24, 2.45) is 11.1 Å². The zero-order valence-electron chi connectivity index (χ0n) is 19.2. The number of β-amino-alcohol motifs (C(OH)–C–C–N with tert-alkyl or cyclic N) is 1. The first-order valence-electron chi connectivity index (χ1n) is 10.7. The number of likely N-dealkylation sites (tertiary alicyclic amines) is 1. The highest BCUT2D eigenvalue weighted by atomic mass is 32.1. The average Bonchev–Trinajstić information content (AvgIpc) is 3.35. The first kappa shape index (κ1) is 24.7. The molecule has 2 aromatic rings. The van der Waals surface area contributed by atoms with Gasteiger partial charge in [-0.25, -0.2) is 9.78 Å². The fraction of sp³-hybridized carbons (Fsp3) is 0.478. The zero-order chi connectivity index (χ0) is 24.3. The molecule has 1 aromatic carbocycles. The Morgan fingerprint density at radius 2 is 1.97 bits per heavy atom. The van der Waals surface area contributed by atoms with E-state index in [1.165, 1.54) is 4.90 Å². The third-order valence-corrected chi connectivity index (χ3v) is 6.52. The van der Waals surface area contributed by atoms with Crippen LogP contribution in [0.3, 0.4) is 0 Å². The normalized spacial score (nSPS) is 19.2. The molecule has 1 aromatic heterocycles. The second kappa shape index (κ2) is 9.88. The molecule has 9 nitrogen and oxygen atoms in total. The summed E-state index contributed by atoms with van der Waals surface area (Å²) in [6, 6.07) is 6.95. The Hall–Kier alpha value is -2.98. The van der Waals surface area contributed by atoms with Gasteiger partial charge in [0.05, 0.1) is 22.2 Å². The molecule has 0 aliphatic carbocycles. The number of carbonyl (C=O) groups is 3. The maximum Gasteiger partial charge on any atom is 0.405 e. The summed E-state index contributed by atoms with van der Waals surface area (Å²) in [4.78, 5) is 44.0. The van der Waals surface area contributed by atoms with Crippen molar-refractivity contribution in [3.05, 3.63) is 41.0 Å². The van der Waals surface area contributed by atoms with Gasteiger partial charge < -0.3 is 25.8 Å². The molecule has 1 fully saturated rings. The number of amides is 3. The van der Waals surface area contributed by atoms with Gasteiger partial charge in [-0.1, -0.05) is 45.0 Å². The van der Waals surface area contributed by atoms with Gasteiger partial charge in [0.15, 0.2) is 6.10 Å². The van der Waals surface area contributed by atoms with Crippen molar-refractivity contribution >= 4 is 29.2 Å². The summed E-state index contributed by atoms with van der Waals surface area (Å²) in [5, 5.41) is 13.0. The summed E-state index contributed by atoms with van der Waals surface area (Å²) < 4.78 is 5.06. The van der Waals surface area contributed by atoms with Crippen LogP contribution in [0.1, 0.15) is 38.4 Å². The second-order valence-corrected chi connectivity index (χ2v) is 10.1. The van der Waals surface area contributed by atoms with E-state index in [1.54, 1.807) is 37.6 Å². The van der Waals surface area contributed by atoms with Crippen LogP contribution in [0.4, 0.5) is 4.79 Å². The summed E-state index contributed by atoms with van der Waals surface area (Å²) in [7, 11) is 0. The van der Waals surface area contributed by atoms with Crippen LogP contribution in [0.5, 0.6) is 0 Å². The summed E-state index contributed by atoms with van der Waals surface area (Å²) in [5.74, 6) is -0.934. The number of benzene rings is 1. The third-order valence-electron chi connectivity index (χ3n) is 5.54. The highest BCUT2D eigenvalue weighted by molar-refractivity contribution is 7.13. The number of aliphatic hydroxyl groups excluding tert-OH is 1. The van der Waals surface area contributed by atoms with Crippen molar-refractivity contribution in [2.75, 3.05) is 6.54 Å². The van der Waals surface area contributed by atoms with E-state index in [0.717, 1.165) is 21.7 Å². The van der Waals surface area contributed by atoms with Crippen LogP contribution < -0.4 is 11.1 Å². The summed E-state index contributed by atoms with van der Waals surface area (Å²) in [6.45, 7) is 7.42. The average molecular weight is 475 g/mol. The maximum absolute atomic E-state index is 13.1. The number of aryl methyl sites for hydroxylation is 1. The molecule has 0 radical (unpaired) electrons. The number of nitrogens with two attached hydrogens (primary N) is 1. The van der Waals surface area contributed by atoms with Gasteiger partial charge in [0, 0.05) is 24.9 Å². The van der Waals surface area contributed by atoms with E-state index in [1.807, 2.05) is 31.2 Å². The number of primary amides is 1. The van der Waals surface area contributed by atoms with Gasteiger partial charge in [-0.15, -0.1) is 11.3 Å². The molecule has 1 aliphatic rings. The molecule has 33 heavy (non-hydrogen) atoms. The fourth-order valence-electron chi connectivity index (χ4n) is 3.83. The highest BCUT2D eigenvalue weighted by Crippen LogP contribution is 2.29. The first-order chi connectivity index (χ1) is 15.5. The number of nitrogens with one attached hydrogen (secondary N) is 1. The maximum atomic E-state index is 13.1. The van der Waals surface area contributed by atoms with Gasteiger partial charge >= 0.3 is 6.09 Å². The number of rotatable bonds is 6. The third kappa shape index (κ3) is 5.88. The first-order valence-corrected chi connectivity index (χ1v) is 11.6. The van der Waals surface area contributed by atoms with Crippen molar-refractivity contribution in [2.45, 2.75) is 58.9 Å². The number of aromatic nitrogens is 1. The van der Waals surface area contributed by atoms with Gasteiger partial charge in [-0.2, -0.15) is 0 Å². The lowest BCUT2D eigenvalue weighted by atomic mass is 9.88. The van der Waals surface area contributed by atoms with Gasteiger partial charge in [0.2, 0.25) is 5.91 Å². The van der Waals surface area contributed by atoms with E-state index in [2.05, 4.69) is 10.3 Å². The lowest BCUT2D eigenvalue weighted by Gasteiger charge is -2.33. The van der Waals surface area contributed by atoms with E-state index < -0.39 is 35.7 Å². The van der Waals surface area contributed by atoms with Crippen molar-refractivity contribution in [3.63, 3.8) is 0 Å². The minimum absolute atomic E-state index is 0.0193. The molecule has 4 N–H and O–H groups in total. The number of hydrogen-bond acceptors (Lipinski definition) is 7. The predicted octanol–water partition coefficient (Wildman–Crippen LogP) is 2.21. The molecule has 2 heterocycles. The van der Waals surface area contributed by atoms with E-state index in [0.29, 0.717) is 0 Å². The Labute approximate surface area is 196 Å². The van der Waals surface area contributed by atoms with E-state index >= 15 is 0 Å². The van der Waals surface area contributed by atoms with E-state index in [-0.39, 0.29) is 25.4 Å². The number of aliphatic hydroxyl groups is 1. The van der Waals surface area contributed by atoms with Crippen LogP contribution in [0.2, 0.25) is 0 Å². The summed E-state index contributed by atoms with van der Waals surface area (Å²) >= 11 is 1.57. The van der Waals surface area contributed by atoms with Gasteiger partial charge in [-0.05, 0) is 18.1 Å². The number of carbonyl (C=O) groups excluding carboxylic acids is 3. The molecule has 3 rings (SSSR count). The molecule has 1 aliphatic heterocycles. The Balaban J connectivity index is 1.67. The van der Waals surface area contributed by atoms with Crippen LogP contribution in [0, 0.1) is 12.3 Å². The van der Waals surface area contributed by atoms with Crippen molar-refractivity contribution < 1.29 is 24.2 Å². The smallest absolute Gasteiger partial charge is 0.405 e. The molecular weight excluding hydrogens is 444 g/mol. The lowest BCUT2D eigenvalue weighted by Crippen LogP contribution is -2.53. The second-order valence-electron chi connectivity index (χ2n) is 9.26. The standard InChI is InChI=1S/C23H30N4O5S/c1-13-18(33-12-26-13)15-7-5-14(6-8-15)10-25-20(29)17-9-16(28)11-27(17)21(30)19(23(2,3)4)32-22(24)31/h5-8,12,16-17,19,28H,9-11H2,1-4H3,(H2,24,31)(H,25,29)/t16-,17+,19-/m1/s1. The SMILES string of the molecule is Cc1ncsc1-c1ccc(CNC(=O)[C@@H]2C[C@@H](O)CN2C(=O)[C@@H](OC(N)=O)C(C)(C)C)cc1. The Bertz CT molecular complexity index is 1010.